The first-order valence-electron chi connectivity index (χ1n) is 8.74. The zero-order chi connectivity index (χ0) is 19.2. The quantitative estimate of drug-likeness (QED) is 0.469. The van der Waals surface area contributed by atoms with Gasteiger partial charge >= 0.3 is 6.03 Å². The molecule has 0 radical (unpaired) electrons. The normalized spacial score (nSPS) is 10.6. The number of rotatable bonds is 6. The van der Waals surface area contributed by atoms with Crippen molar-refractivity contribution in [1.82, 2.24) is 30.8 Å². The highest BCUT2D eigenvalue weighted by Crippen LogP contribution is 2.23. The van der Waals surface area contributed by atoms with Gasteiger partial charge in [0, 0.05) is 23.1 Å². The smallest absolute Gasteiger partial charge is 0.315 e. The second-order valence-electron chi connectivity index (χ2n) is 6.08. The number of aromatic nitrogens is 4. The summed E-state index contributed by atoms with van der Waals surface area (Å²) in [5, 5.41) is 15.3. The number of carbonyl (C=O) groups is 1. The fraction of sp³-hybridized carbons (Fsp3) is 0.100. The number of hydrogen-bond acceptors (Lipinski definition) is 5. The third kappa shape index (κ3) is 4.41. The van der Waals surface area contributed by atoms with Crippen molar-refractivity contribution in [2.75, 3.05) is 0 Å². The zero-order valence-corrected chi connectivity index (χ0v) is 15.7. The van der Waals surface area contributed by atoms with E-state index < -0.39 is 0 Å². The monoisotopic (exact) mass is 390 g/mol. The lowest BCUT2D eigenvalue weighted by molar-refractivity contribution is 0.240. The molecule has 0 aliphatic heterocycles. The van der Waals surface area contributed by atoms with Crippen LogP contribution < -0.4 is 10.6 Å². The molecule has 0 unspecified atom stereocenters. The van der Waals surface area contributed by atoms with Crippen molar-refractivity contribution in [3.63, 3.8) is 0 Å². The maximum absolute atomic E-state index is 12.1. The van der Waals surface area contributed by atoms with Gasteiger partial charge in [-0.15, -0.1) is 11.3 Å². The Morgan fingerprint density at radius 3 is 2.64 bits per heavy atom. The van der Waals surface area contributed by atoms with Gasteiger partial charge in [0.25, 0.3) is 0 Å². The molecule has 140 valence electrons. The van der Waals surface area contributed by atoms with Crippen LogP contribution in [0.3, 0.4) is 0 Å². The fourth-order valence-electron chi connectivity index (χ4n) is 2.69. The first-order chi connectivity index (χ1) is 13.8. The van der Waals surface area contributed by atoms with Crippen LogP contribution in [0.4, 0.5) is 4.79 Å². The van der Waals surface area contributed by atoms with Gasteiger partial charge in [-0.1, -0.05) is 48.5 Å². The molecule has 2 aromatic heterocycles. The third-order valence-electron chi connectivity index (χ3n) is 4.07. The molecule has 4 aromatic rings. The Bertz CT molecular complexity index is 1050. The van der Waals surface area contributed by atoms with Gasteiger partial charge in [-0.3, -0.25) is 5.10 Å². The van der Waals surface area contributed by atoms with Crippen LogP contribution in [0.2, 0.25) is 0 Å². The second-order valence-corrected chi connectivity index (χ2v) is 6.94. The Morgan fingerprint density at radius 2 is 1.82 bits per heavy atom. The molecule has 0 spiro atoms. The number of amides is 2. The average Bonchev–Trinajstić information content (AvgIpc) is 3.44. The first-order valence-corrected chi connectivity index (χ1v) is 9.62. The summed E-state index contributed by atoms with van der Waals surface area (Å²) in [5.41, 5.74) is 3.82. The number of carbonyl (C=O) groups excluding carboxylic acids is 1. The van der Waals surface area contributed by atoms with E-state index in [1.807, 2.05) is 60.0 Å². The molecule has 2 amide bonds. The summed E-state index contributed by atoms with van der Waals surface area (Å²) in [6, 6.07) is 17.5. The van der Waals surface area contributed by atoms with Gasteiger partial charge in [0.2, 0.25) is 0 Å². The highest BCUT2D eigenvalue weighted by Gasteiger charge is 2.07. The second kappa shape index (κ2) is 8.45. The number of nitrogens with zero attached hydrogens (tertiary/aromatic N) is 3. The maximum atomic E-state index is 12.1. The number of urea groups is 1. The maximum Gasteiger partial charge on any atom is 0.315 e. The fourth-order valence-corrected chi connectivity index (χ4v) is 3.52. The van der Waals surface area contributed by atoms with E-state index in [4.69, 9.17) is 0 Å². The van der Waals surface area contributed by atoms with Crippen molar-refractivity contribution in [2.24, 2.45) is 0 Å². The standard InChI is InChI=1S/C20H18N6OS/c27-20(21-10-14-5-4-8-16(9-14)18-23-13-24-26-18)22-11-17-12-28-19(25-17)15-6-2-1-3-7-15/h1-9,12-13H,10-11H2,(H2,21,22,27)(H,23,24,26). The lowest BCUT2D eigenvalue weighted by Gasteiger charge is -2.07. The third-order valence-corrected chi connectivity index (χ3v) is 5.01. The summed E-state index contributed by atoms with van der Waals surface area (Å²) in [7, 11) is 0. The number of aromatic amines is 1. The number of benzene rings is 2. The molecule has 4 rings (SSSR count). The molecule has 28 heavy (non-hydrogen) atoms. The minimum Gasteiger partial charge on any atom is -0.334 e. The molecular weight excluding hydrogens is 372 g/mol. The van der Waals surface area contributed by atoms with Crippen LogP contribution in [0.25, 0.3) is 22.0 Å². The molecule has 2 aromatic carbocycles. The van der Waals surface area contributed by atoms with E-state index in [9.17, 15) is 4.79 Å². The topological polar surface area (TPSA) is 95.6 Å². The Hall–Kier alpha value is -3.52. The van der Waals surface area contributed by atoms with Crippen molar-refractivity contribution >= 4 is 17.4 Å². The molecule has 8 heteroatoms. The molecule has 7 nitrogen and oxygen atoms in total. The van der Waals surface area contributed by atoms with Gasteiger partial charge in [-0.05, 0) is 11.6 Å². The lowest BCUT2D eigenvalue weighted by Crippen LogP contribution is -2.34. The van der Waals surface area contributed by atoms with E-state index in [0.717, 1.165) is 27.4 Å². The van der Waals surface area contributed by atoms with Gasteiger partial charge in [0.1, 0.15) is 11.3 Å². The molecule has 0 saturated heterocycles. The Morgan fingerprint density at radius 1 is 1.00 bits per heavy atom. The highest BCUT2D eigenvalue weighted by molar-refractivity contribution is 7.13. The average molecular weight is 390 g/mol. The van der Waals surface area contributed by atoms with Crippen LogP contribution in [0, 0.1) is 0 Å². The van der Waals surface area contributed by atoms with E-state index in [1.54, 1.807) is 11.3 Å². The van der Waals surface area contributed by atoms with E-state index in [1.165, 1.54) is 6.33 Å². The minimum atomic E-state index is -0.237. The Balaban J connectivity index is 1.29. The summed E-state index contributed by atoms with van der Waals surface area (Å²) >= 11 is 1.57. The van der Waals surface area contributed by atoms with E-state index in [-0.39, 0.29) is 6.03 Å². The predicted molar refractivity (Wildman–Crippen MR) is 108 cm³/mol. The first kappa shape index (κ1) is 17.9. The van der Waals surface area contributed by atoms with Gasteiger partial charge < -0.3 is 10.6 Å². The number of nitrogens with one attached hydrogen (secondary N) is 3. The molecule has 0 fully saturated rings. The van der Waals surface area contributed by atoms with Crippen molar-refractivity contribution in [2.45, 2.75) is 13.1 Å². The largest absolute Gasteiger partial charge is 0.334 e. The van der Waals surface area contributed by atoms with Gasteiger partial charge in [-0.25, -0.2) is 14.8 Å². The number of hydrogen-bond donors (Lipinski definition) is 3. The van der Waals surface area contributed by atoms with Gasteiger partial charge in [0.05, 0.1) is 12.2 Å². The van der Waals surface area contributed by atoms with Gasteiger partial charge in [-0.2, -0.15) is 5.10 Å². The van der Waals surface area contributed by atoms with E-state index in [0.29, 0.717) is 18.9 Å². The number of thiazole rings is 1. The molecule has 3 N–H and O–H groups in total. The molecular formula is C20H18N6OS. The summed E-state index contributed by atoms with van der Waals surface area (Å²) in [4.78, 5) is 20.8. The Kier molecular flexibility index (Phi) is 5.39. The number of H-pyrrole nitrogens is 1. The van der Waals surface area contributed by atoms with Crippen LogP contribution in [0.1, 0.15) is 11.3 Å². The van der Waals surface area contributed by atoms with Crippen molar-refractivity contribution in [3.05, 3.63) is 77.6 Å². The molecule has 0 aliphatic carbocycles. The van der Waals surface area contributed by atoms with Crippen molar-refractivity contribution in [3.8, 4) is 22.0 Å². The Labute approximate surface area is 165 Å². The molecule has 0 bridgehead atoms. The summed E-state index contributed by atoms with van der Waals surface area (Å²) in [6.45, 7) is 0.799. The molecule has 0 aliphatic rings. The van der Waals surface area contributed by atoms with Crippen LogP contribution in [0.15, 0.2) is 66.3 Å². The van der Waals surface area contributed by atoms with E-state index >= 15 is 0 Å². The SMILES string of the molecule is O=C(NCc1cccc(-c2ncn[nH]2)c1)NCc1csc(-c2ccccc2)n1. The minimum absolute atomic E-state index is 0.237. The van der Waals surface area contributed by atoms with Crippen molar-refractivity contribution in [1.29, 1.82) is 0 Å². The molecule has 0 saturated carbocycles. The van der Waals surface area contributed by atoms with Crippen LogP contribution in [0.5, 0.6) is 0 Å². The van der Waals surface area contributed by atoms with Gasteiger partial charge in [0.15, 0.2) is 5.82 Å². The van der Waals surface area contributed by atoms with Crippen LogP contribution in [-0.4, -0.2) is 26.2 Å². The summed E-state index contributed by atoms with van der Waals surface area (Å²) in [5.74, 6) is 0.698. The molecule has 2 heterocycles. The summed E-state index contributed by atoms with van der Waals surface area (Å²) < 4.78 is 0. The zero-order valence-electron chi connectivity index (χ0n) is 14.9. The summed E-state index contributed by atoms with van der Waals surface area (Å²) in [6.07, 6.45) is 1.47. The van der Waals surface area contributed by atoms with Crippen LogP contribution in [-0.2, 0) is 13.1 Å². The molecule has 0 atom stereocenters. The van der Waals surface area contributed by atoms with Crippen molar-refractivity contribution < 1.29 is 4.79 Å². The lowest BCUT2D eigenvalue weighted by atomic mass is 10.1. The van der Waals surface area contributed by atoms with Crippen LogP contribution >= 0.6 is 11.3 Å². The van der Waals surface area contributed by atoms with E-state index in [2.05, 4.69) is 30.8 Å². The predicted octanol–water partition coefficient (Wildman–Crippen LogP) is 3.59. The highest BCUT2D eigenvalue weighted by atomic mass is 32.1.